The number of carbonyl (C=O) groups is 1. The molecule has 1 aliphatic rings. The summed E-state index contributed by atoms with van der Waals surface area (Å²) < 4.78 is 5.49. The lowest BCUT2D eigenvalue weighted by molar-refractivity contribution is -0.123. The van der Waals surface area contributed by atoms with E-state index in [9.17, 15) is 4.79 Å². The number of aryl methyl sites for hydroxylation is 1. The maximum absolute atomic E-state index is 12.0. The molecule has 0 unspecified atom stereocenters. The van der Waals surface area contributed by atoms with Crippen molar-refractivity contribution in [3.05, 3.63) is 29.3 Å². The highest BCUT2D eigenvalue weighted by Crippen LogP contribution is 2.26. The van der Waals surface area contributed by atoms with Crippen molar-refractivity contribution in [1.82, 2.24) is 0 Å². The molecule has 0 saturated carbocycles. The van der Waals surface area contributed by atoms with E-state index in [0.717, 1.165) is 38.0 Å². The Hall–Kier alpha value is -1.31. The Labute approximate surface area is 109 Å². The van der Waals surface area contributed by atoms with E-state index in [4.69, 9.17) is 4.74 Å². The van der Waals surface area contributed by atoms with Crippen molar-refractivity contribution >= 4 is 5.78 Å². The van der Waals surface area contributed by atoms with E-state index >= 15 is 0 Å². The molecule has 18 heavy (non-hydrogen) atoms. The third-order valence-electron chi connectivity index (χ3n) is 3.85. The van der Waals surface area contributed by atoms with E-state index in [1.54, 1.807) is 0 Å². The van der Waals surface area contributed by atoms with Crippen LogP contribution >= 0.6 is 0 Å². The fourth-order valence-electron chi connectivity index (χ4n) is 2.61. The Morgan fingerprint density at radius 1 is 1.33 bits per heavy atom. The lowest BCUT2D eigenvalue weighted by Crippen LogP contribution is -2.13. The van der Waals surface area contributed by atoms with E-state index in [1.807, 2.05) is 6.07 Å². The number of carbonyl (C=O) groups excluding carboxylic acids is 1. The molecular formula is C16H22O2. The second-order valence-corrected chi connectivity index (χ2v) is 5.02. The van der Waals surface area contributed by atoms with Crippen molar-refractivity contribution < 1.29 is 9.53 Å². The molecule has 1 aromatic carbocycles. The van der Waals surface area contributed by atoms with Crippen molar-refractivity contribution in [1.29, 1.82) is 0 Å². The maximum Gasteiger partial charge on any atom is 0.136 e. The van der Waals surface area contributed by atoms with Crippen molar-refractivity contribution in [3.63, 3.8) is 0 Å². The van der Waals surface area contributed by atoms with Gasteiger partial charge in [0.2, 0.25) is 0 Å². The number of fused-ring (bicyclic) bond motifs is 1. The van der Waals surface area contributed by atoms with Gasteiger partial charge in [-0.3, -0.25) is 4.79 Å². The molecule has 0 aliphatic carbocycles. The van der Waals surface area contributed by atoms with Gasteiger partial charge in [-0.2, -0.15) is 0 Å². The summed E-state index contributed by atoms with van der Waals surface area (Å²) in [5.74, 6) is 1.68. The summed E-state index contributed by atoms with van der Waals surface area (Å²) in [7, 11) is 0. The summed E-state index contributed by atoms with van der Waals surface area (Å²) in [5, 5.41) is 0. The average Bonchev–Trinajstić information content (AvgIpc) is 2.85. The van der Waals surface area contributed by atoms with Crippen LogP contribution < -0.4 is 4.74 Å². The summed E-state index contributed by atoms with van der Waals surface area (Å²) in [6.07, 6.45) is 4.47. The van der Waals surface area contributed by atoms with E-state index in [2.05, 4.69) is 26.0 Å². The number of Topliss-reactive ketones (excluding diaryl/α,β-unsaturated/α-hetero) is 1. The van der Waals surface area contributed by atoms with Crippen molar-refractivity contribution in [2.75, 3.05) is 6.61 Å². The first-order valence-electron chi connectivity index (χ1n) is 7.02. The molecule has 1 heterocycles. The van der Waals surface area contributed by atoms with Gasteiger partial charge in [0.25, 0.3) is 0 Å². The van der Waals surface area contributed by atoms with Crippen LogP contribution in [0.2, 0.25) is 0 Å². The van der Waals surface area contributed by atoms with Gasteiger partial charge in [-0.05, 0) is 36.5 Å². The van der Waals surface area contributed by atoms with Crippen LogP contribution in [0.1, 0.15) is 44.2 Å². The number of ether oxygens (including phenoxy) is 1. The summed E-state index contributed by atoms with van der Waals surface area (Å²) >= 11 is 0. The Bertz CT molecular complexity index is 419. The van der Waals surface area contributed by atoms with Crippen molar-refractivity contribution in [2.45, 2.75) is 46.0 Å². The Morgan fingerprint density at radius 2 is 2.11 bits per heavy atom. The fourth-order valence-corrected chi connectivity index (χ4v) is 2.61. The van der Waals surface area contributed by atoms with Gasteiger partial charge in [-0.25, -0.2) is 0 Å². The van der Waals surface area contributed by atoms with Gasteiger partial charge in [-0.1, -0.05) is 26.0 Å². The highest BCUT2D eigenvalue weighted by molar-refractivity contribution is 5.81. The third-order valence-corrected chi connectivity index (χ3v) is 3.85. The van der Waals surface area contributed by atoms with Gasteiger partial charge in [0.05, 0.1) is 6.61 Å². The molecule has 2 nitrogen and oxygen atoms in total. The predicted molar refractivity (Wildman–Crippen MR) is 73.0 cm³/mol. The molecule has 0 fully saturated rings. The van der Waals surface area contributed by atoms with Crippen LogP contribution in [0.5, 0.6) is 5.75 Å². The van der Waals surface area contributed by atoms with E-state index in [1.165, 1.54) is 11.1 Å². The number of hydrogen-bond acceptors (Lipinski definition) is 2. The Balaban J connectivity index is 1.92. The SMILES string of the molecule is CCC(CC)C(=O)CCc1ccc2c(c1)CCO2. The van der Waals surface area contributed by atoms with Crippen LogP contribution in [0.15, 0.2) is 18.2 Å². The lowest BCUT2D eigenvalue weighted by atomic mass is 9.93. The lowest BCUT2D eigenvalue weighted by Gasteiger charge is -2.11. The van der Waals surface area contributed by atoms with Crippen molar-refractivity contribution in [3.8, 4) is 5.75 Å². The zero-order chi connectivity index (χ0) is 13.0. The summed E-state index contributed by atoms with van der Waals surface area (Å²) in [4.78, 5) is 12.0. The molecule has 0 saturated heterocycles. The number of ketones is 1. The second-order valence-electron chi connectivity index (χ2n) is 5.02. The predicted octanol–water partition coefficient (Wildman–Crippen LogP) is 3.56. The summed E-state index contributed by atoms with van der Waals surface area (Å²) in [5.41, 5.74) is 2.56. The molecular weight excluding hydrogens is 224 g/mol. The number of rotatable bonds is 6. The van der Waals surface area contributed by atoms with Crippen LogP contribution in [-0.2, 0) is 17.6 Å². The van der Waals surface area contributed by atoms with Gasteiger partial charge in [0.15, 0.2) is 0 Å². The van der Waals surface area contributed by atoms with Gasteiger partial charge < -0.3 is 4.74 Å². The smallest absolute Gasteiger partial charge is 0.136 e. The van der Waals surface area contributed by atoms with Gasteiger partial charge in [0, 0.05) is 18.8 Å². The molecule has 1 aromatic rings. The monoisotopic (exact) mass is 246 g/mol. The summed E-state index contributed by atoms with van der Waals surface area (Å²) in [6, 6.07) is 6.33. The quantitative estimate of drug-likeness (QED) is 0.767. The summed E-state index contributed by atoms with van der Waals surface area (Å²) in [6.45, 7) is 4.99. The molecule has 0 bridgehead atoms. The molecule has 98 valence electrons. The molecule has 0 N–H and O–H groups in total. The first kappa shape index (κ1) is 13.1. The first-order valence-corrected chi connectivity index (χ1v) is 7.02. The largest absolute Gasteiger partial charge is 0.493 e. The molecule has 1 aliphatic heterocycles. The highest BCUT2D eigenvalue weighted by atomic mass is 16.5. The molecule has 2 rings (SSSR count). The minimum atomic E-state index is 0.253. The molecule has 0 radical (unpaired) electrons. The van der Waals surface area contributed by atoms with E-state index < -0.39 is 0 Å². The average molecular weight is 246 g/mol. The highest BCUT2D eigenvalue weighted by Gasteiger charge is 2.15. The normalized spacial score (nSPS) is 13.5. The molecule has 0 aromatic heterocycles. The van der Waals surface area contributed by atoms with Gasteiger partial charge in [0.1, 0.15) is 11.5 Å². The molecule has 2 heteroatoms. The molecule has 0 spiro atoms. The van der Waals surface area contributed by atoms with Crippen LogP contribution in [-0.4, -0.2) is 12.4 Å². The van der Waals surface area contributed by atoms with Crippen LogP contribution in [0.4, 0.5) is 0 Å². The topological polar surface area (TPSA) is 26.3 Å². The minimum absolute atomic E-state index is 0.253. The molecule has 0 amide bonds. The second kappa shape index (κ2) is 6.03. The zero-order valence-corrected chi connectivity index (χ0v) is 11.4. The third kappa shape index (κ3) is 2.92. The van der Waals surface area contributed by atoms with E-state index in [0.29, 0.717) is 12.2 Å². The maximum atomic E-state index is 12.0. The van der Waals surface area contributed by atoms with Crippen LogP contribution in [0, 0.1) is 5.92 Å². The number of benzene rings is 1. The standard InChI is InChI=1S/C16H22O2/c1-3-13(4-2)15(17)7-5-12-6-8-16-14(11-12)9-10-18-16/h6,8,11,13H,3-5,7,9-10H2,1-2H3. The first-order chi connectivity index (χ1) is 8.74. The Morgan fingerprint density at radius 3 is 2.83 bits per heavy atom. The minimum Gasteiger partial charge on any atom is -0.493 e. The van der Waals surface area contributed by atoms with Crippen LogP contribution in [0.25, 0.3) is 0 Å². The van der Waals surface area contributed by atoms with Gasteiger partial charge >= 0.3 is 0 Å². The van der Waals surface area contributed by atoms with Gasteiger partial charge in [-0.15, -0.1) is 0 Å². The molecule has 0 atom stereocenters. The van der Waals surface area contributed by atoms with Crippen LogP contribution in [0.3, 0.4) is 0 Å². The number of hydrogen-bond donors (Lipinski definition) is 0. The zero-order valence-electron chi connectivity index (χ0n) is 11.4. The Kier molecular flexibility index (Phi) is 4.40. The van der Waals surface area contributed by atoms with Crippen molar-refractivity contribution in [2.24, 2.45) is 5.92 Å². The fraction of sp³-hybridized carbons (Fsp3) is 0.562. The van der Waals surface area contributed by atoms with E-state index in [-0.39, 0.29) is 5.92 Å².